The number of thiocarbonyl (C=S) groups is 1. The highest BCUT2D eigenvalue weighted by molar-refractivity contribution is 9.11. The van der Waals surface area contributed by atoms with Gasteiger partial charge in [-0.25, -0.2) is 0 Å². The molecule has 0 saturated heterocycles. The lowest BCUT2D eigenvalue weighted by Gasteiger charge is -2.14. The van der Waals surface area contributed by atoms with Crippen molar-refractivity contribution in [3.05, 3.63) is 90.8 Å². The zero-order valence-electron chi connectivity index (χ0n) is 19.1. The van der Waals surface area contributed by atoms with Gasteiger partial charge >= 0.3 is 0 Å². The van der Waals surface area contributed by atoms with Gasteiger partial charge in [-0.05, 0) is 92.5 Å². The Kier molecular flexibility index (Phi) is 10.7. The smallest absolute Gasteiger partial charge is 0.276 e. The summed E-state index contributed by atoms with van der Waals surface area (Å²) in [7, 11) is 0. The predicted octanol–water partition coefficient (Wildman–Crippen LogP) is 5.62. The molecule has 0 aromatic heterocycles. The highest BCUT2D eigenvalue weighted by Gasteiger charge is 2.13. The van der Waals surface area contributed by atoms with Crippen LogP contribution in [0.4, 0.5) is 0 Å². The van der Waals surface area contributed by atoms with Crippen molar-refractivity contribution in [3.8, 4) is 11.5 Å². The van der Waals surface area contributed by atoms with Crippen molar-refractivity contribution in [1.29, 1.82) is 0 Å². The molecular formula is C25H22Br3N3O4S. The lowest BCUT2D eigenvalue weighted by atomic mass is 10.2. The number of carbonyl (C=O) groups excluding carboxylic acids is 2. The third-order valence-corrected chi connectivity index (χ3v) is 6.64. The maximum atomic E-state index is 12.5. The van der Waals surface area contributed by atoms with Crippen molar-refractivity contribution in [2.24, 2.45) is 0 Å². The molecule has 0 heterocycles. The van der Waals surface area contributed by atoms with E-state index in [0.717, 1.165) is 20.9 Å². The van der Waals surface area contributed by atoms with Crippen LogP contribution >= 0.6 is 60.0 Å². The first kappa shape index (κ1) is 28.1. The molecule has 11 heteroatoms. The van der Waals surface area contributed by atoms with Crippen LogP contribution in [0.3, 0.4) is 0 Å². The van der Waals surface area contributed by atoms with E-state index in [1.54, 1.807) is 18.2 Å². The van der Waals surface area contributed by atoms with Gasteiger partial charge in [0.1, 0.15) is 11.5 Å². The Morgan fingerprint density at radius 1 is 0.917 bits per heavy atom. The minimum absolute atomic E-state index is 0.0614. The Morgan fingerprint density at radius 2 is 1.67 bits per heavy atom. The van der Waals surface area contributed by atoms with E-state index in [1.165, 1.54) is 5.56 Å². The fourth-order valence-electron chi connectivity index (χ4n) is 3.06. The lowest BCUT2D eigenvalue weighted by molar-refractivity contribution is -0.123. The number of hydrogen-bond donors (Lipinski definition) is 3. The van der Waals surface area contributed by atoms with Crippen LogP contribution in [0, 0.1) is 6.92 Å². The summed E-state index contributed by atoms with van der Waals surface area (Å²) in [6, 6.07) is 18.7. The lowest BCUT2D eigenvalue weighted by Crippen LogP contribution is -2.49. The monoisotopic (exact) mass is 697 g/mol. The van der Waals surface area contributed by atoms with E-state index in [4.69, 9.17) is 21.7 Å². The van der Waals surface area contributed by atoms with Gasteiger partial charge in [-0.15, -0.1) is 0 Å². The van der Waals surface area contributed by atoms with Crippen molar-refractivity contribution >= 4 is 76.9 Å². The summed E-state index contributed by atoms with van der Waals surface area (Å²) in [5.74, 6) is 0.273. The van der Waals surface area contributed by atoms with Gasteiger partial charge in [-0.3, -0.25) is 25.8 Å². The number of hydrazine groups is 1. The Morgan fingerprint density at radius 3 is 2.36 bits per heavy atom. The molecule has 7 nitrogen and oxygen atoms in total. The second-order valence-electron chi connectivity index (χ2n) is 7.51. The first-order valence-electron chi connectivity index (χ1n) is 10.7. The number of aryl methyl sites for hydroxylation is 1. The van der Waals surface area contributed by atoms with Gasteiger partial charge < -0.3 is 9.47 Å². The van der Waals surface area contributed by atoms with Crippen molar-refractivity contribution in [1.82, 2.24) is 16.2 Å². The number of amides is 2. The predicted molar refractivity (Wildman–Crippen MR) is 153 cm³/mol. The molecule has 0 aliphatic heterocycles. The van der Waals surface area contributed by atoms with E-state index in [2.05, 4.69) is 64.0 Å². The van der Waals surface area contributed by atoms with Gasteiger partial charge in [0.25, 0.3) is 11.8 Å². The van der Waals surface area contributed by atoms with Crippen LogP contribution in [0.5, 0.6) is 11.5 Å². The molecule has 0 saturated carbocycles. The molecule has 188 valence electrons. The van der Waals surface area contributed by atoms with Crippen molar-refractivity contribution in [2.75, 3.05) is 13.2 Å². The molecule has 3 aromatic carbocycles. The average Bonchev–Trinajstić information content (AvgIpc) is 2.83. The average molecular weight is 700 g/mol. The number of ether oxygens (including phenoxy) is 2. The van der Waals surface area contributed by atoms with Crippen LogP contribution in [0.2, 0.25) is 0 Å². The molecule has 36 heavy (non-hydrogen) atoms. The van der Waals surface area contributed by atoms with Crippen molar-refractivity contribution in [2.45, 2.75) is 13.3 Å². The van der Waals surface area contributed by atoms with Crippen LogP contribution in [-0.2, 0) is 11.2 Å². The zero-order valence-corrected chi connectivity index (χ0v) is 24.6. The highest BCUT2D eigenvalue weighted by Crippen LogP contribution is 2.32. The number of benzene rings is 3. The van der Waals surface area contributed by atoms with E-state index in [-0.39, 0.29) is 11.7 Å². The second-order valence-corrected chi connectivity index (χ2v) is 10.5. The van der Waals surface area contributed by atoms with Crippen LogP contribution in [0.1, 0.15) is 21.5 Å². The van der Waals surface area contributed by atoms with E-state index in [0.29, 0.717) is 28.1 Å². The van der Waals surface area contributed by atoms with Gasteiger partial charge in [0, 0.05) is 16.5 Å². The molecule has 0 radical (unpaired) electrons. The van der Waals surface area contributed by atoms with E-state index >= 15 is 0 Å². The summed E-state index contributed by atoms with van der Waals surface area (Å²) in [6.07, 6.45) is 0.770. The SMILES string of the molecule is Cc1cc(Br)cc(Br)c1OCC(=O)NNC(=S)NC(=O)c1ccc(OCCc2ccccc2)c(Br)c1. The molecular weight excluding hydrogens is 678 g/mol. The molecule has 0 spiro atoms. The van der Waals surface area contributed by atoms with E-state index in [1.807, 2.05) is 49.4 Å². The van der Waals surface area contributed by atoms with Gasteiger partial charge in [0.05, 0.1) is 15.6 Å². The summed E-state index contributed by atoms with van der Waals surface area (Å²) >= 11 is 15.3. The molecule has 3 aromatic rings. The zero-order chi connectivity index (χ0) is 26.1. The fraction of sp³-hybridized carbons (Fsp3) is 0.160. The maximum Gasteiger partial charge on any atom is 0.276 e. The van der Waals surface area contributed by atoms with Crippen LogP contribution in [0.25, 0.3) is 0 Å². The summed E-state index contributed by atoms with van der Waals surface area (Å²) in [5, 5.41) is 2.45. The summed E-state index contributed by atoms with van der Waals surface area (Å²) in [4.78, 5) is 24.6. The molecule has 2 amide bonds. The van der Waals surface area contributed by atoms with Crippen LogP contribution in [0.15, 0.2) is 74.1 Å². The van der Waals surface area contributed by atoms with Gasteiger partial charge in [-0.2, -0.15) is 0 Å². The molecule has 0 atom stereocenters. The Labute approximate surface area is 239 Å². The van der Waals surface area contributed by atoms with Gasteiger partial charge in [0.2, 0.25) is 0 Å². The minimum atomic E-state index is -0.472. The second kappa shape index (κ2) is 13.7. The number of hydrogen-bond acceptors (Lipinski definition) is 5. The summed E-state index contributed by atoms with van der Waals surface area (Å²) < 4.78 is 13.6. The van der Waals surface area contributed by atoms with Gasteiger partial charge in [-0.1, -0.05) is 46.3 Å². The number of halogens is 3. The van der Waals surface area contributed by atoms with Gasteiger partial charge in [0.15, 0.2) is 11.7 Å². The molecule has 0 aliphatic carbocycles. The summed E-state index contributed by atoms with van der Waals surface area (Å²) in [6.45, 7) is 2.13. The maximum absolute atomic E-state index is 12.5. The Bertz CT molecular complexity index is 1240. The number of nitrogens with one attached hydrogen (secondary N) is 3. The fourth-order valence-corrected chi connectivity index (χ4v) is 5.25. The summed E-state index contributed by atoms with van der Waals surface area (Å²) in [5.41, 5.74) is 7.29. The standard InChI is InChI=1S/C25H22Br3N3O4S/c1-15-11-18(26)13-20(28)23(15)35-14-22(32)30-31-25(36)29-24(33)17-7-8-21(19(27)12-17)34-10-9-16-5-3-2-4-6-16/h2-8,11-13H,9-10,14H2,1H3,(H,30,32)(H2,29,31,33,36). The highest BCUT2D eigenvalue weighted by atomic mass is 79.9. The number of carbonyl (C=O) groups is 2. The van der Waals surface area contributed by atoms with Crippen molar-refractivity contribution in [3.63, 3.8) is 0 Å². The van der Waals surface area contributed by atoms with E-state index < -0.39 is 11.8 Å². The third kappa shape index (κ3) is 8.58. The topological polar surface area (TPSA) is 88.7 Å². The normalized spacial score (nSPS) is 10.3. The third-order valence-electron chi connectivity index (χ3n) is 4.77. The Hall–Kier alpha value is -2.47. The molecule has 0 bridgehead atoms. The largest absolute Gasteiger partial charge is 0.492 e. The molecule has 3 N–H and O–H groups in total. The molecule has 0 fully saturated rings. The molecule has 0 aliphatic rings. The van der Waals surface area contributed by atoms with Crippen LogP contribution in [-0.4, -0.2) is 30.1 Å². The first-order chi connectivity index (χ1) is 17.2. The molecule has 3 rings (SSSR count). The van der Waals surface area contributed by atoms with E-state index in [9.17, 15) is 9.59 Å². The molecule has 0 unspecified atom stereocenters. The minimum Gasteiger partial charge on any atom is -0.492 e. The first-order valence-corrected chi connectivity index (χ1v) is 13.5. The quantitative estimate of drug-likeness (QED) is 0.209. The Balaban J connectivity index is 1.43. The number of rotatable bonds is 8. The van der Waals surface area contributed by atoms with Crippen molar-refractivity contribution < 1.29 is 19.1 Å². The van der Waals surface area contributed by atoms with Crippen LogP contribution < -0.4 is 25.6 Å².